The van der Waals surface area contributed by atoms with E-state index in [4.69, 9.17) is 0 Å². The second-order valence-corrected chi connectivity index (χ2v) is 10.7. The van der Waals surface area contributed by atoms with Gasteiger partial charge in [0.25, 0.3) is 14.1 Å². The Morgan fingerprint density at radius 3 is 1.61 bits per heavy atom. The van der Waals surface area contributed by atoms with Gasteiger partial charge in [-0.1, -0.05) is 77.9 Å². The van der Waals surface area contributed by atoms with E-state index in [1.165, 1.54) is 37.4 Å². The summed E-state index contributed by atoms with van der Waals surface area (Å²) in [6, 6.07) is 0. The first-order chi connectivity index (χ1) is 8.34. The highest BCUT2D eigenvalue weighted by atomic mass is 27.2. The highest BCUT2D eigenvalue weighted by Crippen LogP contribution is 2.27. The fraction of sp³-hybridized carbons (Fsp3) is 1.00. The van der Waals surface area contributed by atoms with Gasteiger partial charge in [-0.05, 0) is 17.8 Å². The number of hydrogen-bond donors (Lipinski definition) is 0. The Bertz CT molecular complexity index is 176. The lowest BCUT2D eigenvalue weighted by Crippen LogP contribution is -2.11. The van der Waals surface area contributed by atoms with E-state index in [-0.39, 0.29) is 14.1 Å². The zero-order chi connectivity index (χ0) is 14.1. The van der Waals surface area contributed by atoms with Crippen molar-refractivity contribution in [2.45, 2.75) is 83.6 Å². The molecule has 0 spiro atoms. The predicted octanol–water partition coefficient (Wildman–Crippen LogP) is 6.26. The summed E-state index contributed by atoms with van der Waals surface area (Å²) in [5.74, 6) is 8.69. The summed E-state index contributed by atoms with van der Waals surface area (Å²) in [6.45, 7) is 11.8. The molecule has 18 heavy (non-hydrogen) atoms. The van der Waals surface area contributed by atoms with Crippen LogP contribution in [0.4, 0.5) is 0 Å². The third kappa shape index (κ3) is 9.46. The molecule has 1 heteroatoms. The van der Waals surface area contributed by atoms with E-state index in [0.717, 1.165) is 23.7 Å². The second-order valence-electron chi connectivity index (χ2n) is 7.44. The van der Waals surface area contributed by atoms with Crippen LogP contribution in [0, 0.1) is 23.7 Å². The molecule has 1 rings (SSSR count). The van der Waals surface area contributed by atoms with E-state index >= 15 is 0 Å². The average molecular weight is 268 g/mol. The van der Waals surface area contributed by atoms with Gasteiger partial charge in [-0.2, -0.15) is 0 Å². The van der Waals surface area contributed by atoms with E-state index in [2.05, 4.69) is 46.2 Å². The summed E-state index contributed by atoms with van der Waals surface area (Å²) in [4.78, 5) is 0. The van der Waals surface area contributed by atoms with Crippen molar-refractivity contribution in [3.8, 4) is 0 Å². The largest absolute Gasteiger partial charge is 0.255 e. The van der Waals surface area contributed by atoms with E-state index < -0.39 is 0 Å². The molecule has 3 atom stereocenters. The maximum absolute atomic E-state index is 2.43. The summed E-state index contributed by atoms with van der Waals surface area (Å²) in [5.41, 5.74) is 0. The van der Waals surface area contributed by atoms with Crippen LogP contribution in [0.1, 0.15) is 66.7 Å². The van der Waals surface area contributed by atoms with Crippen LogP contribution in [0.5, 0.6) is 0 Å². The van der Waals surface area contributed by atoms with Gasteiger partial charge in [0, 0.05) is 0 Å². The van der Waals surface area contributed by atoms with Crippen molar-refractivity contribution in [1.29, 1.82) is 0 Å². The van der Waals surface area contributed by atoms with Crippen molar-refractivity contribution in [2.75, 3.05) is 0 Å². The first-order valence-electron chi connectivity index (χ1n) is 8.34. The van der Waals surface area contributed by atoms with E-state index in [0.29, 0.717) is 0 Å². The minimum absolute atomic E-state index is 0.285. The Labute approximate surface area is 121 Å². The number of hydrogen-bond acceptors (Lipinski definition) is 0. The lowest BCUT2D eigenvalue weighted by molar-refractivity contribution is 0.367. The van der Waals surface area contributed by atoms with Crippen LogP contribution in [0.15, 0.2) is 0 Å². The molecule has 0 nitrogen and oxygen atoms in total. The molecule has 3 unspecified atom stereocenters. The molecule has 0 amide bonds. The minimum atomic E-state index is -0.285. The van der Waals surface area contributed by atoms with Crippen LogP contribution >= 0.6 is 0 Å². The van der Waals surface area contributed by atoms with Gasteiger partial charge in [0.05, 0.1) is 0 Å². The molecule has 108 valence electrons. The molecule has 0 heterocycles. The van der Waals surface area contributed by atoms with Crippen molar-refractivity contribution < 1.29 is 0 Å². The van der Waals surface area contributed by atoms with Gasteiger partial charge < -0.3 is 0 Å². The molecule has 0 aromatic carbocycles. The Morgan fingerprint density at radius 1 is 0.889 bits per heavy atom. The van der Waals surface area contributed by atoms with Gasteiger partial charge in [-0.25, -0.2) is 0 Å². The molecule has 1 aliphatic carbocycles. The fourth-order valence-corrected chi connectivity index (χ4v) is 4.73. The molecule has 0 aromatic heterocycles. The molecule has 0 N–H and O–H groups in total. The van der Waals surface area contributed by atoms with E-state index in [1.807, 2.05) is 0 Å². The van der Waals surface area contributed by atoms with Crippen LogP contribution in [0.3, 0.4) is 0 Å². The van der Waals surface area contributed by atoms with Gasteiger partial charge in [0.1, 0.15) is 0 Å². The molecule has 1 saturated carbocycles. The molecule has 1 aliphatic rings. The van der Waals surface area contributed by atoms with Gasteiger partial charge in [0.15, 0.2) is 0 Å². The summed E-state index contributed by atoms with van der Waals surface area (Å²) >= 11 is -0.285. The van der Waals surface area contributed by atoms with Gasteiger partial charge in [0.2, 0.25) is 0 Å². The molecule has 0 saturated heterocycles. The van der Waals surface area contributed by atoms with Crippen LogP contribution in [-0.2, 0) is 0 Å². The molecule has 0 aromatic rings. The standard InChI is InChI=1S/C9H18.C6H13.2CH3.Al/c1-8-6-4-3-5-7-9(8)2;1-5(2)6(3)4;;;/h8-9H,3-7H2,1-2H3;5-6H,1H2,2-4H3;2*1H3;. The maximum Gasteiger partial charge on any atom is 0.255 e. The maximum atomic E-state index is 2.43. The molecular formula is C17H37Al. The highest BCUT2D eigenvalue weighted by Gasteiger charge is 2.14. The normalized spacial score (nSPS) is 26.0. The number of rotatable bonds is 3. The Morgan fingerprint density at radius 2 is 1.33 bits per heavy atom. The van der Waals surface area contributed by atoms with Crippen molar-refractivity contribution >= 4 is 14.1 Å². The van der Waals surface area contributed by atoms with Crippen LogP contribution in [0.2, 0.25) is 16.9 Å². The first-order valence-corrected chi connectivity index (χ1v) is 11.5. The average Bonchev–Trinajstić information content (AvgIpc) is 2.44. The first kappa shape index (κ1) is 18.5. The van der Waals surface area contributed by atoms with Crippen molar-refractivity contribution in [3.63, 3.8) is 0 Å². The Kier molecular flexibility index (Phi) is 10.6. The van der Waals surface area contributed by atoms with Gasteiger partial charge in [-0.3, -0.25) is 0 Å². The molecule has 0 bridgehead atoms. The predicted molar refractivity (Wildman–Crippen MR) is 87.7 cm³/mol. The smallest absolute Gasteiger partial charge is 0.106 e. The van der Waals surface area contributed by atoms with Crippen molar-refractivity contribution in [3.05, 3.63) is 0 Å². The van der Waals surface area contributed by atoms with Crippen molar-refractivity contribution in [1.82, 2.24) is 0 Å². The lowest BCUT2D eigenvalue weighted by atomic mass is 9.92. The Balaban J connectivity index is 0.000000321. The summed E-state index contributed by atoms with van der Waals surface area (Å²) in [5, 5.41) is 1.51. The van der Waals surface area contributed by atoms with Gasteiger partial charge >= 0.3 is 0 Å². The third-order valence-corrected chi connectivity index (χ3v) is 6.46. The second kappa shape index (κ2) is 10.3. The highest BCUT2D eigenvalue weighted by molar-refractivity contribution is 6.55. The summed E-state index contributed by atoms with van der Waals surface area (Å²) in [7, 11) is 0. The Hall–Kier alpha value is 0.532. The van der Waals surface area contributed by atoms with Crippen LogP contribution in [0.25, 0.3) is 0 Å². The SMILES string of the molecule is CC(C)C(C)[CH2][Al]([CH3])[CH3].CC1CCCCCC1C. The van der Waals surface area contributed by atoms with Crippen LogP contribution < -0.4 is 0 Å². The molecule has 0 radical (unpaired) electrons. The van der Waals surface area contributed by atoms with Crippen LogP contribution in [-0.4, -0.2) is 14.1 Å². The topological polar surface area (TPSA) is 0 Å². The lowest BCUT2D eigenvalue weighted by Gasteiger charge is -2.15. The van der Waals surface area contributed by atoms with E-state index in [9.17, 15) is 0 Å². The zero-order valence-corrected chi connectivity index (χ0v) is 15.3. The molecule has 1 fully saturated rings. The van der Waals surface area contributed by atoms with Gasteiger partial charge in [-0.15, -0.1) is 11.6 Å². The summed E-state index contributed by atoms with van der Waals surface area (Å²) in [6.07, 6.45) is 7.38. The molecular weight excluding hydrogens is 231 g/mol. The van der Waals surface area contributed by atoms with Crippen molar-refractivity contribution in [2.24, 2.45) is 23.7 Å². The quantitative estimate of drug-likeness (QED) is 0.419. The monoisotopic (exact) mass is 268 g/mol. The fourth-order valence-electron chi connectivity index (χ4n) is 2.69. The van der Waals surface area contributed by atoms with E-state index in [1.54, 1.807) is 0 Å². The summed E-state index contributed by atoms with van der Waals surface area (Å²) < 4.78 is 0. The minimum Gasteiger partial charge on any atom is -0.106 e. The zero-order valence-electron chi connectivity index (χ0n) is 14.1. The third-order valence-electron chi connectivity index (χ3n) is 4.77. The molecule has 0 aliphatic heterocycles.